The minimum atomic E-state index is -0.178. The van der Waals surface area contributed by atoms with Crippen molar-refractivity contribution < 1.29 is 9.26 Å². The number of benzene rings is 1. The fourth-order valence-electron chi connectivity index (χ4n) is 4.71. The summed E-state index contributed by atoms with van der Waals surface area (Å²) in [5, 5.41) is 4.20. The number of aryl methyl sites for hydroxylation is 1. The van der Waals surface area contributed by atoms with E-state index in [4.69, 9.17) is 9.26 Å². The van der Waals surface area contributed by atoms with Gasteiger partial charge < -0.3 is 18.7 Å². The summed E-state index contributed by atoms with van der Waals surface area (Å²) in [4.78, 5) is 28.0. The molecule has 0 spiro atoms. The second kappa shape index (κ2) is 6.66. The van der Waals surface area contributed by atoms with E-state index in [1.54, 1.807) is 25.1 Å². The number of imidazole rings is 1. The molecule has 0 unspecified atom stereocenters. The van der Waals surface area contributed by atoms with Gasteiger partial charge in [-0.25, -0.2) is 9.97 Å². The molecule has 4 aromatic rings. The van der Waals surface area contributed by atoms with Gasteiger partial charge >= 0.3 is 0 Å². The summed E-state index contributed by atoms with van der Waals surface area (Å²) in [6.45, 7) is 2.15. The molecule has 3 atom stereocenters. The number of nitrogens with zero attached hydrogens (tertiary/aromatic N) is 7. The van der Waals surface area contributed by atoms with Gasteiger partial charge in [-0.1, -0.05) is 5.16 Å². The molecule has 0 bridgehead atoms. The van der Waals surface area contributed by atoms with E-state index in [1.807, 2.05) is 12.1 Å². The molecule has 10 heteroatoms. The Morgan fingerprint density at radius 1 is 1.13 bits per heavy atom. The zero-order valence-corrected chi connectivity index (χ0v) is 17.2. The molecule has 31 heavy (non-hydrogen) atoms. The Morgan fingerprint density at radius 2 is 1.87 bits per heavy atom. The van der Waals surface area contributed by atoms with Gasteiger partial charge in [0.1, 0.15) is 18.6 Å². The number of rotatable bonds is 5. The van der Waals surface area contributed by atoms with Gasteiger partial charge in [0, 0.05) is 31.7 Å². The lowest BCUT2D eigenvalue weighted by Gasteiger charge is -2.21. The first-order valence-corrected chi connectivity index (χ1v) is 10.2. The van der Waals surface area contributed by atoms with Gasteiger partial charge in [-0.3, -0.25) is 9.36 Å². The zero-order chi connectivity index (χ0) is 21.1. The van der Waals surface area contributed by atoms with Crippen LogP contribution < -0.4 is 15.2 Å². The van der Waals surface area contributed by atoms with Gasteiger partial charge in [-0.15, -0.1) is 0 Å². The van der Waals surface area contributed by atoms with Crippen molar-refractivity contribution in [2.75, 3.05) is 25.1 Å². The molecule has 6 rings (SSSR count). The van der Waals surface area contributed by atoms with Crippen LogP contribution in [0.5, 0.6) is 5.75 Å². The van der Waals surface area contributed by atoms with Crippen LogP contribution in [-0.4, -0.2) is 49.4 Å². The second-order valence-corrected chi connectivity index (χ2v) is 8.21. The largest absolute Gasteiger partial charge is 0.497 e. The molecule has 158 valence electrons. The van der Waals surface area contributed by atoms with E-state index < -0.39 is 0 Å². The van der Waals surface area contributed by atoms with Crippen LogP contribution >= 0.6 is 0 Å². The van der Waals surface area contributed by atoms with Crippen LogP contribution in [0.2, 0.25) is 0 Å². The van der Waals surface area contributed by atoms with E-state index in [0.717, 1.165) is 24.7 Å². The third-order valence-electron chi connectivity index (χ3n) is 6.42. The highest BCUT2D eigenvalue weighted by Gasteiger charge is 2.58. The maximum Gasteiger partial charge on any atom is 0.280 e. The third kappa shape index (κ3) is 2.89. The number of piperidine rings is 1. The molecule has 0 N–H and O–H groups in total. The van der Waals surface area contributed by atoms with E-state index in [1.165, 1.54) is 16.6 Å². The standard InChI is InChI=1S/C21H21N7O3/c1-26-10-22-20-18(26)21(29)28(11-23-20)9-16-24-19(25-31-16)17-14-7-27(8-15(14)17)12-3-5-13(30-2)6-4-12/h3-6,10-11,14-15,17H,7-9H2,1-2H3/t14-,15+,17-. The quantitative estimate of drug-likeness (QED) is 0.478. The highest BCUT2D eigenvalue weighted by atomic mass is 16.5. The van der Waals surface area contributed by atoms with Crippen molar-refractivity contribution in [1.29, 1.82) is 0 Å². The molecule has 10 nitrogen and oxygen atoms in total. The van der Waals surface area contributed by atoms with Crippen LogP contribution in [0.3, 0.4) is 0 Å². The number of methoxy groups -OCH3 is 1. The molecule has 1 aliphatic carbocycles. The summed E-state index contributed by atoms with van der Waals surface area (Å²) in [6.07, 6.45) is 3.05. The predicted molar refractivity (Wildman–Crippen MR) is 111 cm³/mol. The molecule has 1 saturated carbocycles. The highest BCUT2D eigenvalue weighted by molar-refractivity contribution is 5.68. The lowest BCUT2D eigenvalue weighted by atomic mass is 10.2. The van der Waals surface area contributed by atoms with E-state index >= 15 is 0 Å². The number of hydrogen-bond donors (Lipinski definition) is 0. The minimum Gasteiger partial charge on any atom is -0.497 e. The maximum absolute atomic E-state index is 12.7. The summed E-state index contributed by atoms with van der Waals surface area (Å²) in [5.41, 5.74) is 1.92. The van der Waals surface area contributed by atoms with Crippen molar-refractivity contribution in [1.82, 2.24) is 29.2 Å². The minimum absolute atomic E-state index is 0.178. The van der Waals surface area contributed by atoms with Crippen molar-refractivity contribution in [2.24, 2.45) is 18.9 Å². The average molecular weight is 419 g/mol. The van der Waals surface area contributed by atoms with Gasteiger partial charge in [0.2, 0.25) is 5.89 Å². The number of anilines is 1. The average Bonchev–Trinajstić information content (AvgIpc) is 3.21. The van der Waals surface area contributed by atoms with E-state index in [2.05, 4.69) is 37.1 Å². The molecule has 2 fully saturated rings. The van der Waals surface area contributed by atoms with Crippen molar-refractivity contribution >= 4 is 16.9 Å². The molecule has 1 aromatic carbocycles. The van der Waals surface area contributed by atoms with E-state index in [9.17, 15) is 4.79 Å². The molecular formula is C21H21N7O3. The Labute approximate surface area is 177 Å². The van der Waals surface area contributed by atoms with Crippen LogP contribution in [0.1, 0.15) is 17.6 Å². The Kier molecular flexibility index (Phi) is 3.89. The van der Waals surface area contributed by atoms with Crippen molar-refractivity contribution in [3.63, 3.8) is 0 Å². The van der Waals surface area contributed by atoms with Crippen molar-refractivity contribution in [3.05, 3.63) is 59.0 Å². The Hall–Kier alpha value is -3.69. The van der Waals surface area contributed by atoms with Gasteiger partial charge in [-0.2, -0.15) is 4.98 Å². The van der Waals surface area contributed by atoms with E-state index in [-0.39, 0.29) is 12.1 Å². The Bertz CT molecular complexity index is 1310. The summed E-state index contributed by atoms with van der Waals surface area (Å²) < 4.78 is 13.8. The SMILES string of the molecule is COc1ccc(N2C[C@@H]3[C@H](C2)[C@@H]3c2noc(Cn3cnc4ncn(C)c4c3=O)n2)cc1. The lowest BCUT2D eigenvalue weighted by molar-refractivity contribution is 0.363. The van der Waals surface area contributed by atoms with Crippen molar-refractivity contribution in [3.8, 4) is 5.75 Å². The molecule has 1 aliphatic heterocycles. The van der Waals surface area contributed by atoms with Crippen LogP contribution in [0.4, 0.5) is 5.69 Å². The molecule has 3 aromatic heterocycles. The topological polar surface area (TPSA) is 104 Å². The molecular weight excluding hydrogens is 398 g/mol. The van der Waals surface area contributed by atoms with Gasteiger partial charge in [-0.05, 0) is 36.1 Å². The smallest absolute Gasteiger partial charge is 0.280 e. The van der Waals surface area contributed by atoms with Gasteiger partial charge in [0.25, 0.3) is 5.56 Å². The molecule has 1 saturated heterocycles. The monoisotopic (exact) mass is 419 g/mol. The first-order chi connectivity index (χ1) is 15.1. The Balaban J connectivity index is 1.15. The van der Waals surface area contributed by atoms with Crippen LogP contribution in [0.15, 0.2) is 46.2 Å². The second-order valence-electron chi connectivity index (χ2n) is 8.21. The fourth-order valence-corrected chi connectivity index (χ4v) is 4.71. The van der Waals surface area contributed by atoms with Gasteiger partial charge in [0.15, 0.2) is 17.0 Å². The summed E-state index contributed by atoms with van der Waals surface area (Å²) in [6, 6.07) is 8.16. The molecule has 0 radical (unpaired) electrons. The summed E-state index contributed by atoms with van der Waals surface area (Å²) in [7, 11) is 3.45. The number of fused-ring (bicyclic) bond motifs is 2. The molecule has 2 aliphatic rings. The maximum atomic E-state index is 12.7. The first kappa shape index (κ1) is 18.1. The van der Waals surface area contributed by atoms with Crippen LogP contribution in [-0.2, 0) is 13.6 Å². The predicted octanol–water partition coefficient (Wildman–Crippen LogP) is 1.42. The number of hydrogen-bond acceptors (Lipinski definition) is 8. The molecule has 4 heterocycles. The lowest BCUT2D eigenvalue weighted by Crippen LogP contribution is -2.23. The third-order valence-corrected chi connectivity index (χ3v) is 6.42. The number of ether oxygens (including phenoxy) is 1. The zero-order valence-electron chi connectivity index (χ0n) is 17.2. The first-order valence-electron chi connectivity index (χ1n) is 10.2. The molecule has 0 amide bonds. The van der Waals surface area contributed by atoms with Crippen molar-refractivity contribution in [2.45, 2.75) is 12.5 Å². The van der Waals surface area contributed by atoms with E-state index in [0.29, 0.717) is 34.8 Å². The summed E-state index contributed by atoms with van der Waals surface area (Å²) in [5.74, 6) is 3.40. The van der Waals surface area contributed by atoms with Gasteiger partial charge in [0.05, 0.1) is 13.4 Å². The fraction of sp³-hybridized carbons (Fsp3) is 0.381. The van der Waals surface area contributed by atoms with Crippen LogP contribution in [0, 0.1) is 11.8 Å². The Morgan fingerprint density at radius 3 is 2.61 bits per heavy atom. The van der Waals surface area contributed by atoms with Crippen LogP contribution in [0.25, 0.3) is 11.2 Å². The summed E-state index contributed by atoms with van der Waals surface area (Å²) >= 11 is 0. The number of aromatic nitrogens is 6. The normalized spacial score (nSPS) is 22.1. The highest BCUT2D eigenvalue weighted by Crippen LogP contribution is 2.57.